The maximum Gasteiger partial charge on any atom is 0.159 e. The van der Waals surface area contributed by atoms with Crippen LogP contribution in [0.15, 0.2) is 304 Å². The summed E-state index contributed by atoms with van der Waals surface area (Å²) >= 11 is 0. The van der Waals surface area contributed by atoms with Crippen molar-refractivity contribution in [3.63, 3.8) is 0 Å². The van der Waals surface area contributed by atoms with Crippen molar-refractivity contribution in [2.75, 3.05) is 0 Å². The summed E-state index contributed by atoms with van der Waals surface area (Å²) < 4.78 is 2.32. The Balaban J connectivity index is 0.000000126. The molecule has 85 heavy (non-hydrogen) atoms. The number of hydrogen-bond donors (Lipinski definition) is 0. The minimum absolute atomic E-state index is 0.160. The van der Waals surface area contributed by atoms with E-state index in [-0.39, 0.29) is 5.41 Å². The van der Waals surface area contributed by atoms with E-state index in [9.17, 15) is 0 Å². The van der Waals surface area contributed by atoms with Crippen LogP contribution in [0, 0.1) is 20.8 Å². The Labute approximate surface area is 504 Å². The van der Waals surface area contributed by atoms with E-state index in [1.54, 1.807) is 0 Å². The van der Waals surface area contributed by atoms with Crippen molar-refractivity contribution < 1.29 is 0 Å². The number of nitrogens with zero attached hydrogens (tertiary/aromatic N) is 3. The maximum atomic E-state index is 4.24. The zero-order valence-electron chi connectivity index (χ0n) is 50.7. The Morgan fingerprint density at radius 3 is 1.21 bits per heavy atom. The van der Waals surface area contributed by atoms with E-state index < -0.39 is 0 Å². The molecule has 15 rings (SSSR count). The number of rotatable bonds is 4. The molecule has 0 saturated carbocycles. The molecule has 3 heteroatoms. The lowest BCUT2D eigenvalue weighted by Gasteiger charge is -2.20. The average Bonchev–Trinajstić information content (AvgIpc) is 1.95. The van der Waals surface area contributed by atoms with E-state index in [1.807, 2.05) is 77.3 Å². The molecule has 1 aliphatic rings. The summed E-state index contributed by atoms with van der Waals surface area (Å²) in [5.41, 5.74) is 19.4. The molecular formula is C82H77N3. The van der Waals surface area contributed by atoms with Crippen LogP contribution in [-0.2, 0) is 5.41 Å². The van der Waals surface area contributed by atoms with E-state index in [1.165, 1.54) is 105 Å². The molecule has 0 N–H and O–H groups in total. The third-order valence-electron chi connectivity index (χ3n) is 15.1. The van der Waals surface area contributed by atoms with Gasteiger partial charge in [0.25, 0.3) is 0 Å². The standard InChI is InChI=1S/C19H16.C18H13N.C15H14.C15H12.C11H10N2.2C2H6/c1-15-12-18(16-8-4-2-5-9-16)14-19(13-15)17-10-6-3-7-11-17;1-2-8-14(9-3-1)19-17-12-6-4-10-15(17)16-11-5-7-13-18(16)19;1-15(2)13-9-5-3-7-11(13)12-8-4-6-10-14(12)15;1-11-6-9-15-13(10-11)8-7-12-4-2-3-5-14(12)15;1-9-7-12-11(13-8-9)10-5-3-2-4-6-10;2*1-2/h2-14H,1H3;1-13H;3-10H,1-2H3;2-10H,1H3;2-8H,1H3;2*1-2H3. The molecule has 0 saturated heterocycles. The summed E-state index contributed by atoms with van der Waals surface area (Å²) in [4.78, 5) is 8.47. The van der Waals surface area contributed by atoms with Gasteiger partial charge in [0.15, 0.2) is 5.82 Å². The first-order valence-electron chi connectivity index (χ1n) is 29.9. The lowest BCUT2D eigenvalue weighted by molar-refractivity contribution is 0.660. The molecular weight excluding hydrogens is 1030 g/mol. The van der Waals surface area contributed by atoms with Crippen molar-refractivity contribution in [2.24, 2.45) is 0 Å². The van der Waals surface area contributed by atoms with Gasteiger partial charge in [-0.25, -0.2) is 9.97 Å². The predicted molar refractivity (Wildman–Crippen MR) is 368 cm³/mol. The number of hydrogen-bond acceptors (Lipinski definition) is 2. The van der Waals surface area contributed by atoms with Gasteiger partial charge < -0.3 is 4.57 Å². The van der Waals surface area contributed by atoms with Crippen molar-refractivity contribution in [1.29, 1.82) is 0 Å². The molecule has 0 spiro atoms. The molecule has 0 fully saturated rings. The Morgan fingerprint density at radius 1 is 0.294 bits per heavy atom. The normalized spacial score (nSPS) is 11.2. The van der Waals surface area contributed by atoms with Crippen molar-refractivity contribution >= 4 is 43.4 Å². The van der Waals surface area contributed by atoms with Gasteiger partial charge in [-0.1, -0.05) is 308 Å². The van der Waals surface area contributed by atoms with Crippen LogP contribution in [0.3, 0.4) is 0 Å². The fraction of sp³-hybridized carbons (Fsp3) is 0.122. The second-order valence-corrected chi connectivity index (χ2v) is 21.2. The second kappa shape index (κ2) is 28.8. The summed E-state index contributed by atoms with van der Waals surface area (Å²) in [6, 6.07) is 102. The monoisotopic (exact) mass is 1100 g/mol. The third kappa shape index (κ3) is 14.1. The molecule has 0 amide bonds. The van der Waals surface area contributed by atoms with Crippen LogP contribution in [-0.4, -0.2) is 14.5 Å². The summed E-state index contributed by atoms with van der Waals surface area (Å²) in [6.07, 6.45) is 3.66. The zero-order valence-corrected chi connectivity index (χ0v) is 50.7. The van der Waals surface area contributed by atoms with Gasteiger partial charge in [0.2, 0.25) is 0 Å². The van der Waals surface area contributed by atoms with Gasteiger partial charge in [-0.15, -0.1) is 0 Å². The molecule has 0 radical (unpaired) electrons. The molecule has 3 nitrogen and oxygen atoms in total. The van der Waals surface area contributed by atoms with Crippen LogP contribution in [0.1, 0.15) is 69.4 Å². The minimum Gasteiger partial charge on any atom is -0.309 e. The number of fused-ring (bicyclic) bond motifs is 9. The van der Waals surface area contributed by atoms with Crippen molar-refractivity contribution in [1.82, 2.24) is 14.5 Å². The van der Waals surface area contributed by atoms with E-state index in [2.05, 4.69) is 303 Å². The van der Waals surface area contributed by atoms with Crippen molar-refractivity contribution in [3.8, 4) is 50.5 Å². The summed E-state index contributed by atoms with van der Waals surface area (Å²) in [7, 11) is 0. The zero-order chi connectivity index (χ0) is 59.5. The molecule has 0 aliphatic heterocycles. The lowest BCUT2D eigenvalue weighted by Crippen LogP contribution is -2.14. The average molecular weight is 1100 g/mol. The van der Waals surface area contributed by atoms with Crippen LogP contribution < -0.4 is 0 Å². The molecule has 14 aromatic rings. The highest BCUT2D eigenvalue weighted by Crippen LogP contribution is 2.48. The summed E-state index contributed by atoms with van der Waals surface area (Å²) in [5.74, 6) is 0.784. The highest BCUT2D eigenvalue weighted by molar-refractivity contribution is 6.09. The van der Waals surface area contributed by atoms with Gasteiger partial charge >= 0.3 is 0 Å². The highest BCUT2D eigenvalue weighted by Gasteiger charge is 2.34. The highest BCUT2D eigenvalue weighted by atomic mass is 15.0. The molecule has 12 aromatic carbocycles. The molecule has 2 aromatic heterocycles. The summed E-state index contributed by atoms with van der Waals surface area (Å²) in [6.45, 7) is 18.9. The first-order valence-corrected chi connectivity index (χ1v) is 29.9. The first kappa shape index (κ1) is 59.7. The van der Waals surface area contributed by atoms with Crippen LogP contribution in [0.5, 0.6) is 0 Å². The number of benzene rings is 12. The Morgan fingerprint density at radius 2 is 0.694 bits per heavy atom. The van der Waals surface area contributed by atoms with Crippen LogP contribution in [0.25, 0.3) is 93.8 Å². The van der Waals surface area contributed by atoms with Crippen LogP contribution >= 0.6 is 0 Å². The number of aromatic nitrogens is 3. The number of para-hydroxylation sites is 3. The summed E-state index contributed by atoms with van der Waals surface area (Å²) in [5, 5.41) is 7.94. The molecule has 2 heterocycles. The Hall–Kier alpha value is -9.96. The SMILES string of the molecule is CC.CC.CC1(C)c2ccccc2-c2ccccc21.Cc1cc(-c2ccccc2)cc(-c2ccccc2)c1.Cc1ccc2c(ccc3ccccc32)c1.Cc1cnc(-c2ccccc2)nc1.c1ccc(-n2c3ccccc3c3ccccc32)cc1. The molecule has 0 atom stereocenters. The predicted octanol–water partition coefficient (Wildman–Crippen LogP) is 22.9. The van der Waals surface area contributed by atoms with Crippen molar-refractivity contribution in [2.45, 2.75) is 67.7 Å². The Kier molecular flexibility index (Phi) is 20.2. The lowest BCUT2D eigenvalue weighted by atomic mass is 9.82. The van der Waals surface area contributed by atoms with E-state index in [4.69, 9.17) is 0 Å². The molecule has 1 aliphatic carbocycles. The van der Waals surface area contributed by atoms with E-state index in [0.29, 0.717) is 0 Å². The largest absolute Gasteiger partial charge is 0.309 e. The van der Waals surface area contributed by atoms with Crippen molar-refractivity contribution in [3.05, 3.63) is 331 Å². The first-order chi connectivity index (χ1) is 41.7. The van der Waals surface area contributed by atoms with E-state index >= 15 is 0 Å². The fourth-order valence-electron chi connectivity index (χ4n) is 11.1. The van der Waals surface area contributed by atoms with E-state index in [0.717, 1.165) is 17.0 Å². The topological polar surface area (TPSA) is 30.7 Å². The van der Waals surface area contributed by atoms with Gasteiger partial charge in [-0.05, 0) is 128 Å². The molecule has 420 valence electrons. The molecule has 0 unspecified atom stereocenters. The molecule has 0 bridgehead atoms. The van der Waals surface area contributed by atoms with Gasteiger partial charge in [0.05, 0.1) is 11.0 Å². The van der Waals surface area contributed by atoms with Gasteiger partial charge in [-0.2, -0.15) is 0 Å². The number of aryl methyl sites for hydroxylation is 3. The smallest absolute Gasteiger partial charge is 0.159 e. The third-order valence-corrected chi connectivity index (χ3v) is 15.1. The second-order valence-electron chi connectivity index (χ2n) is 21.2. The van der Waals surface area contributed by atoms with Gasteiger partial charge in [-0.3, -0.25) is 0 Å². The van der Waals surface area contributed by atoms with Gasteiger partial charge in [0.1, 0.15) is 0 Å². The van der Waals surface area contributed by atoms with Crippen LogP contribution in [0.4, 0.5) is 0 Å². The van der Waals surface area contributed by atoms with Gasteiger partial charge in [0, 0.05) is 39.8 Å². The quantitative estimate of drug-likeness (QED) is 0.164. The van der Waals surface area contributed by atoms with Crippen LogP contribution in [0.2, 0.25) is 0 Å². The fourth-order valence-corrected chi connectivity index (χ4v) is 11.1. The Bertz CT molecular complexity index is 4210. The maximum absolute atomic E-state index is 4.24. The minimum atomic E-state index is 0.160.